The quantitative estimate of drug-likeness (QED) is 0.889. The summed E-state index contributed by atoms with van der Waals surface area (Å²) in [6.45, 7) is 9.04. The van der Waals surface area contributed by atoms with Gasteiger partial charge in [0.15, 0.2) is 0 Å². The summed E-state index contributed by atoms with van der Waals surface area (Å²) in [4.78, 5) is 2.51. The Balaban J connectivity index is 2.09. The average molecular weight is 276 g/mol. The van der Waals surface area contributed by atoms with Crippen LogP contribution in [0.25, 0.3) is 0 Å². The third-order valence-corrected chi connectivity index (χ3v) is 4.73. The van der Waals surface area contributed by atoms with E-state index in [2.05, 4.69) is 24.0 Å². The van der Waals surface area contributed by atoms with Crippen LogP contribution in [0.15, 0.2) is 12.1 Å². The van der Waals surface area contributed by atoms with Crippen molar-refractivity contribution in [3.05, 3.63) is 28.8 Å². The summed E-state index contributed by atoms with van der Waals surface area (Å²) in [6, 6.07) is 4.70. The molecule has 0 saturated carbocycles. The van der Waals surface area contributed by atoms with Gasteiger partial charge in [0.05, 0.1) is 0 Å². The van der Waals surface area contributed by atoms with Gasteiger partial charge in [-0.2, -0.15) is 0 Å². The van der Waals surface area contributed by atoms with E-state index in [0.717, 1.165) is 36.7 Å². The van der Waals surface area contributed by atoms with Gasteiger partial charge >= 0.3 is 0 Å². The number of benzene rings is 1. The highest BCUT2D eigenvalue weighted by Crippen LogP contribution is 2.28. The van der Waals surface area contributed by atoms with Crippen LogP contribution in [0, 0.1) is 19.8 Å². The van der Waals surface area contributed by atoms with E-state index >= 15 is 0 Å². The van der Waals surface area contributed by atoms with Crippen molar-refractivity contribution in [2.75, 3.05) is 13.1 Å². The number of aryl methyl sites for hydroxylation is 2. The summed E-state index contributed by atoms with van der Waals surface area (Å²) >= 11 is 0. The van der Waals surface area contributed by atoms with Gasteiger partial charge in [-0.15, -0.1) is 0 Å². The van der Waals surface area contributed by atoms with Crippen molar-refractivity contribution in [2.24, 2.45) is 11.7 Å². The molecule has 112 valence electrons. The van der Waals surface area contributed by atoms with E-state index in [9.17, 15) is 5.11 Å². The number of nitrogens with zero attached hydrogens (tertiary/aromatic N) is 1. The van der Waals surface area contributed by atoms with Gasteiger partial charge in [-0.3, -0.25) is 4.90 Å². The van der Waals surface area contributed by atoms with Crippen LogP contribution in [0.3, 0.4) is 0 Å². The molecule has 3 heteroatoms. The number of piperidine rings is 1. The zero-order valence-electron chi connectivity index (χ0n) is 13.0. The van der Waals surface area contributed by atoms with E-state index in [0.29, 0.717) is 11.8 Å². The summed E-state index contributed by atoms with van der Waals surface area (Å²) in [5.41, 5.74) is 9.18. The zero-order valence-corrected chi connectivity index (χ0v) is 13.0. The van der Waals surface area contributed by atoms with Gasteiger partial charge in [0.2, 0.25) is 0 Å². The first-order valence-electron chi connectivity index (χ1n) is 7.78. The first-order valence-corrected chi connectivity index (χ1v) is 7.78. The van der Waals surface area contributed by atoms with Crippen LogP contribution < -0.4 is 5.73 Å². The first kappa shape index (κ1) is 15.3. The van der Waals surface area contributed by atoms with Gasteiger partial charge in [-0.1, -0.05) is 25.5 Å². The Morgan fingerprint density at radius 2 is 1.95 bits per heavy atom. The number of nitrogens with two attached hydrogens (primary N) is 1. The lowest BCUT2D eigenvalue weighted by molar-refractivity contribution is 0.107. The SMILES string of the molecule is CCC1CCN(Cc2cc(C)c(O)c(C)c2)C(CN)C1. The predicted octanol–water partition coefficient (Wildman–Crippen LogP) is 2.96. The van der Waals surface area contributed by atoms with Crippen LogP contribution >= 0.6 is 0 Å². The van der Waals surface area contributed by atoms with Crippen molar-refractivity contribution < 1.29 is 5.11 Å². The normalized spacial score (nSPS) is 24.0. The minimum absolute atomic E-state index is 0.425. The maximum Gasteiger partial charge on any atom is 0.121 e. The molecule has 1 fully saturated rings. The molecule has 2 atom stereocenters. The highest BCUT2D eigenvalue weighted by atomic mass is 16.3. The second kappa shape index (κ2) is 6.59. The molecule has 1 saturated heterocycles. The molecule has 2 unspecified atom stereocenters. The Hall–Kier alpha value is -1.06. The van der Waals surface area contributed by atoms with Crippen molar-refractivity contribution in [3.63, 3.8) is 0 Å². The fourth-order valence-corrected chi connectivity index (χ4v) is 3.38. The van der Waals surface area contributed by atoms with Crippen molar-refractivity contribution in [1.29, 1.82) is 0 Å². The molecule has 0 aromatic heterocycles. The Morgan fingerprint density at radius 3 is 2.50 bits per heavy atom. The van der Waals surface area contributed by atoms with Crippen molar-refractivity contribution >= 4 is 0 Å². The van der Waals surface area contributed by atoms with Crippen molar-refractivity contribution in [3.8, 4) is 5.75 Å². The van der Waals surface area contributed by atoms with Crippen LogP contribution in [0.1, 0.15) is 42.9 Å². The van der Waals surface area contributed by atoms with Gasteiger partial charge in [-0.05, 0) is 55.8 Å². The molecule has 1 heterocycles. The Morgan fingerprint density at radius 1 is 1.30 bits per heavy atom. The standard InChI is InChI=1S/C17H28N2O/c1-4-14-5-6-19(16(9-14)10-18)11-15-7-12(2)17(20)13(3)8-15/h7-8,14,16,20H,4-6,9-11,18H2,1-3H3. The van der Waals surface area contributed by atoms with Gasteiger partial charge in [0.25, 0.3) is 0 Å². The molecule has 1 aliphatic heterocycles. The van der Waals surface area contributed by atoms with Gasteiger partial charge in [-0.25, -0.2) is 0 Å². The molecule has 3 N–H and O–H groups in total. The van der Waals surface area contributed by atoms with E-state index in [-0.39, 0.29) is 0 Å². The molecule has 3 nitrogen and oxygen atoms in total. The van der Waals surface area contributed by atoms with Gasteiger partial charge in [0, 0.05) is 19.1 Å². The lowest BCUT2D eigenvalue weighted by Crippen LogP contribution is -2.46. The number of hydrogen-bond acceptors (Lipinski definition) is 3. The monoisotopic (exact) mass is 276 g/mol. The van der Waals surface area contributed by atoms with Crippen molar-refractivity contribution in [2.45, 2.75) is 52.6 Å². The highest BCUT2D eigenvalue weighted by Gasteiger charge is 2.26. The van der Waals surface area contributed by atoms with Crippen LogP contribution in [0.5, 0.6) is 5.75 Å². The molecule has 1 aliphatic rings. The van der Waals surface area contributed by atoms with E-state index in [1.165, 1.54) is 24.8 Å². The van der Waals surface area contributed by atoms with E-state index < -0.39 is 0 Å². The van der Waals surface area contributed by atoms with E-state index in [4.69, 9.17) is 5.73 Å². The molecule has 1 aromatic carbocycles. The fourth-order valence-electron chi connectivity index (χ4n) is 3.38. The predicted molar refractivity (Wildman–Crippen MR) is 83.8 cm³/mol. The molecular formula is C17H28N2O. The molecular weight excluding hydrogens is 248 g/mol. The molecule has 0 aliphatic carbocycles. The van der Waals surface area contributed by atoms with Crippen LogP contribution in [-0.2, 0) is 6.54 Å². The average Bonchev–Trinajstić information content (AvgIpc) is 2.45. The highest BCUT2D eigenvalue weighted by molar-refractivity contribution is 5.42. The number of phenolic OH excluding ortho intramolecular Hbond substituents is 1. The van der Waals surface area contributed by atoms with Crippen LogP contribution in [0.2, 0.25) is 0 Å². The number of rotatable bonds is 4. The number of aromatic hydroxyl groups is 1. The van der Waals surface area contributed by atoms with E-state index in [1.54, 1.807) is 0 Å². The number of hydrogen-bond donors (Lipinski definition) is 2. The molecule has 0 amide bonds. The van der Waals surface area contributed by atoms with Crippen LogP contribution in [-0.4, -0.2) is 29.1 Å². The largest absolute Gasteiger partial charge is 0.507 e. The fraction of sp³-hybridized carbons (Fsp3) is 0.647. The van der Waals surface area contributed by atoms with Gasteiger partial charge in [0.1, 0.15) is 5.75 Å². The molecule has 0 bridgehead atoms. The van der Waals surface area contributed by atoms with E-state index in [1.807, 2.05) is 13.8 Å². The lowest BCUT2D eigenvalue weighted by atomic mass is 9.88. The second-order valence-corrected chi connectivity index (χ2v) is 6.24. The van der Waals surface area contributed by atoms with Crippen molar-refractivity contribution in [1.82, 2.24) is 4.90 Å². The summed E-state index contributed by atoms with van der Waals surface area (Å²) in [7, 11) is 0. The molecule has 20 heavy (non-hydrogen) atoms. The molecule has 0 radical (unpaired) electrons. The third kappa shape index (κ3) is 3.33. The molecule has 1 aromatic rings. The Bertz CT molecular complexity index is 435. The maximum absolute atomic E-state index is 9.87. The Labute approximate surface area is 122 Å². The molecule has 0 spiro atoms. The summed E-state index contributed by atoms with van der Waals surface area (Å²) in [6.07, 6.45) is 3.77. The summed E-state index contributed by atoms with van der Waals surface area (Å²) in [5.74, 6) is 1.26. The Kier molecular flexibility index (Phi) is 5.06. The lowest BCUT2D eigenvalue weighted by Gasteiger charge is -2.39. The maximum atomic E-state index is 9.87. The summed E-state index contributed by atoms with van der Waals surface area (Å²) in [5, 5.41) is 9.87. The number of phenols is 1. The number of likely N-dealkylation sites (tertiary alicyclic amines) is 1. The third-order valence-electron chi connectivity index (χ3n) is 4.73. The smallest absolute Gasteiger partial charge is 0.121 e. The minimum atomic E-state index is 0.425. The zero-order chi connectivity index (χ0) is 14.7. The van der Waals surface area contributed by atoms with Crippen LogP contribution in [0.4, 0.5) is 0 Å². The second-order valence-electron chi connectivity index (χ2n) is 6.24. The first-order chi connectivity index (χ1) is 9.55. The molecule has 2 rings (SSSR count). The van der Waals surface area contributed by atoms with Gasteiger partial charge < -0.3 is 10.8 Å². The summed E-state index contributed by atoms with van der Waals surface area (Å²) < 4.78 is 0. The minimum Gasteiger partial charge on any atom is -0.507 e. The topological polar surface area (TPSA) is 49.5 Å².